The van der Waals surface area contributed by atoms with Gasteiger partial charge in [0.25, 0.3) is 0 Å². The molecule has 0 atom stereocenters. The Bertz CT molecular complexity index is 583. The maximum absolute atomic E-state index is 8.56. The first-order valence-corrected chi connectivity index (χ1v) is 6.68. The molecule has 0 aliphatic heterocycles. The van der Waals surface area contributed by atoms with Crippen molar-refractivity contribution >= 4 is 11.8 Å². The molecule has 0 spiro atoms. The molecule has 1 heterocycles. The first-order chi connectivity index (χ1) is 8.72. The van der Waals surface area contributed by atoms with Crippen molar-refractivity contribution in [3.05, 3.63) is 35.7 Å². The molecule has 0 saturated heterocycles. The van der Waals surface area contributed by atoms with Crippen LogP contribution in [0.1, 0.15) is 17.5 Å². The van der Waals surface area contributed by atoms with Crippen molar-refractivity contribution in [1.82, 2.24) is 14.8 Å². The maximum atomic E-state index is 8.56. The van der Waals surface area contributed by atoms with E-state index in [-0.39, 0.29) is 0 Å². The molecule has 1 aromatic heterocycles. The summed E-state index contributed by atoms with van der Waals surface area (Å²) in [6.45, 7) is 4.13. The monoisotopic (exact) mass is 258 g/mol. The van der Waals surface area contributed by atoms with E-state index in [4.69, 9.17) is 5.26 Å². The second kappa shape index (κ2) is 5.69. The summed E-state index contributed by atoms with van der Waals surface area (Å²) < 4.78 is 1.98. The van der Waals surface area contributed by atoms with Crippen LogP contribution in [0.2, 0.25) is 0 Å². The lowest BCUT2D eigenvalue weighted by Crippen LogP contribution is -1.98. The Hall–Kier alpha value is -1.80. The molecule has 0 aliphatic carbocycles. The van der Waals surface area contributed by atoms with Gasteiger partial charge >= 0.3 is 0 Å². The number of aromatic nitrogens is 3. The van der Waals surface area contributed by atoms with Crippen molar-refractivity contribution in [2.45, 2.75) is 25.4 Å². The van der Waals surface area contributed by atoms with Crippen LogP contribution < -0.4 is 0 Å². The highest BCUT2D eigenvalue weighted by Crippen LogP contribution is 2.22. The SMILES string of the molecule is Cc1ccc(C)c(-n2cnnc2SCCC#N)c1. The van der Waals surface area contributed by atoms with Crippen LogP contribution in [0.15, 0.2) is 29.7 Å². The van der Waals surface area contributed by atoms with Gasteiger partial charge in [-0.15, -0.1) is 10.2 Å². The van der Waals surface area contributed by atoms with Crippen LogP contribution in [-0.4, -0.2) is 20.5 Å². The number of hydrogen-bond acceptors (Lipinski definition) is 4. The van der Waals surface area contributed by atoms with E-state index in [9.17, 15) is 0 Å². The first kappa shape index (κ1) is 12.7. The summed E-state index contributed by atoms with van der Waals surface area (Å²) in [6, 6.07) is 8.43. The zero-order chi connectivity index (χ0) is 13.0. The van der Waals surface area contributed by atoms with Gasteiger partial charge in [-0.2, -0.15) is 5.26 Å². The van der Waals surface area contributed by atoms with Crippen molar-refractivity contribution in [3.63, 3.8) is 0 Å². The molecular weight excluding hydrogens is 244 g/mol. The van der Waals surface area contributed by atoms with E-state index in [0.717, 1.165) is 16.6 Å². The molecule has 92 valence electrons. The molecule has 4 nitrogen and oxygen atoms in total. The molecule has 1 aromatic carbocycles. The van der Waals surface area contributed by atoms with Crippen molar-refractivity contribution in [2.24, 2.45) is 0 Å². The lowest BCUT2D eigenvalue weighted by molar-refractivity contribution is 0.876. The number of thioether (sulfide) groups is 1. The maximum Gasteiger partial charge on any atom is 0.195 e. The third-order valence-electron chi connectivity index (χ3n) is 2.59. The van der Waals surface area contributed by atoms with E-state index in [2.05, 4.69) is 48.3 Å². The molecule has 18 heavy (non-hydrogen) atoms. The zero-order valence-corrected chi connectivity index (χ0v) is 11.2. The third kappa shape index (κ3) is 2.71. The van der Waals surface area contributed by atoms with E-state index in [1.165, 1.54) is 11.1 Å². The molecule has 0 N–H and O–H groups in total. The van der Waals surface area contributed by atoms with Crippen LogP contribution in [0.4, 0.5) is 0 Å². The normalized spacial score (nSPS) is 10.3. The topological polar surface area (TPSA) is 54.5 Å². The van der Waals surface area contributed by atoms with Gasteiger partial charge in [0.05, 0.1) is 11.8 Å². The van der Waals surface area contributed by atoms with Crippen LogP contribution in [0.5, 0.6) is 0 Å². The lowest BCUT2D eigenvalue weighted by Gasteiger charge is -2.09. The van der Waals surface area contributed by atoms with Crippen LogP contribution in [-0.2, 0) is 0 Å². The smallest absolute Gasteiger partial charge is 0.195 e. The predicted molar refractivity (Wildman–Crippen MR) is 71.8 cm³/mol. The first-order valence-electron chi connectivity index (χ1n) is 5.70. The summed E-state index contributed by atoms with van der Waals surface area (Å²) >= 11 is 1.55. The second-order valence-electron chi connectivity index (χ2n) is 4.03. The minimum absolute atomic E-state index is 0.518. The van der Waals surface area contributed by atoms with E-state index < -0.39 is 0 Å². The van der Waals surface area contributed by atoms with Crippen molar-refractivity contribution in [1.29, 1.82) is 5.26 Å². The molecule has 2 rings (SSSR count). The van der Waals surface area contributed by atoms with Crippen LogP contribution in [0.25, 0.3) is 5.69 Å². The summed E-state index contributed by atoms with van der Waals surface area (Å²) in [7, 11) is 0. The summed E-state index contributed by atoms with van der Waals surface area (Å²) in [4.78, 5) is 0. The summed E-state index contributed by atoms with van der Waals surface area (Å²) in [6.07, 6.45) is 2.24. The van der Waals surface area contributed by atoms with Gasteiger partial charge in [-0.1, -0.05) is 23.9 Å². The van der Waals surface area contributed by atoms with Crippen LogP contribution in [0.3, 0.4) is 0 Å². The van der Waals surface area contributed by atoms with Gasteiger partial charge < -0.3 is 0 Å². The van der Waals surface area contributed by atoms with Gasteiger partial charge in [-0.05, 0) is 31.0 Å². The highest BCUT2D eigenvalue weighted by atomic mass is 32.2. The van der Waals surface area contributed by atoms with Crippen LogP contribution >= 0.6 is 11.8 Å². The fraction of sp³-hybridized carbons (Fsp3) is 0.308. The Morgan fingerprint density at radius 2 is 2.22 bits per heavy atom. The Morgan fingerprint density at radius 3 is 3.00 bits per heavy atom. The van der Waals surface area contributed by atoms with E-state index in [0.29, 0.717) is 6.42 Å². The molecule has 2 aromatic rings. The third-order valence-corrected chi connectivity index (χ3v) is 3.53. The second-order valence-corrected chi connectivity index (χ2v) is 5.09. The molecule has 0 amide bonds. The molecule has 0 unspecified atom stereocenters. The number of nitriles is 1. The van der Waals surface area contributed by atoms with E-state index >= 15 is 0 Å². The van der Waals surface area contributed by atoms with Gasteiger partial charge in [0.15, 0.2) is 5.16 Å². The zero-order valence-electron chi connectivity index (χ0n) is 10.4. The highest BCUT2D eigenvalue weighted by Gasteiger charge is 2.09. The average Bonchev–Trinajstić information content (AvgIpc) is 2.81. The molecule has 0 fully saturated rings. The van der Waals surface area contributed by atoms with E-state index in [1.54, 1.807) is 18.1 Å². The van der Waals surface area contributed by atoms with Gasteiger partial charge in [-0.3, -0.25) is 4.57 Å². The number of hydrogen-bond donors (Lipinski definition) is 0. The molecule has 0 bridgehead atoms. The van der Waals surface area contributed by atoms with Gasteiger partial charge in [0.2, 0.25) is 0 Å². The average molecular weight is 258 g/mol. The molecule has 0 saturated carbocycles. The van der Waals surface area contributed by atoms with Gasteiger partial charge in [0.1, 0.15) is 6.33 Å². The number of aryl methyl sites for hydroxylation is 2. The molecular formula is C13H14N4S. The molecule has 0 radical (unpaired) electrons. The predicted octanol–water partition coefficient (Wildman–Crippen LogP) is 2.89. The number of benzene rings is 1. The van der Waals surface area contributed by atoms with Crippen molar-refractivity contribution in [2.75, 3.05) is 5.75 Å². The quantitative estimate of drug-likeness (QED) is 0.625. The minimum atomic E-state index is 0.518. The van der Waals surface area contributed by atoms with Gasteiger partial charge in [0, 0.05) is 12.2 Å². The Morgan fingerprint density at radius 1 is 1.39 bits per heavy atom. The van der Waals surface area contributed by atoms with Crippen molar-refractivity contribution in [3.8, 4) is 11.8 Å². The summed E-state index contributed by atoms with van der Waals surface area (Å²) in [5.41, 5.74) is 3.49. The minimum Gasteiger partial charge on any atom is -0.276 e. The van der Waals surface area contributed by atoms with E-state index in [1.807, 2.05) is 4.57 Å². The number of nitrogens with zero attached hydrogens (tertiary/aromatic N) is 4. The Balaban J connectivity index is 2.31. The number of rotatable bonds is 4. The Kier molecular flexibility index (Phi) is 4.00. The van der Waals surface area contributed by atoms with Gasteiger partial charge in [-0.25, -0.2) is 0 Å². The van der Waals surface area contributed by atoms with Crippen molar-refractivity contribution < 1.29 is 0 Å². The highest BCUT2D eigenvalue weighted by molar-refractivity contribution is 7.99. The molecule has 5 heteroatoms. The molecule has 0 aliphatic rings. The largest absolute Gasteiger partial charge is 0.276 e. The summed E-state index contributed by atoms with van der Waals surface area (Å²) in [5, 5.41) is 17.4. The fourth-order valence-corrected chi connectivity index (χ4v) is 2.42. The fourth-order valence-electron chi connectivity index (χ4n) is 1.65. The van der Waals surface area contributed by atoms with Crippen LogP contribution in [0, 0.1) is 25.2 Å². The lowest BCUT2D eigenvalue weighted by atomic mass is 10.1. The Labute approximate surface area is 111 Å². The summed E-state index contributed by atoms with van der Waals surface area (Å²) in [5.74, 6) is 0.736. The standard InChI is InChI=1S/C13H14N4S/c1-10-4-5-11(2)12(8-10)17-9-15-16-13(17)18-7-3-6-14/h4-5,8-9H,3,7H2,1-2H3.